The number of phenols is 1. The van der Waals surface area contributed by atoms with Crippen LogP contribution < -0.4 is 0 Å². The Hall–Kier alpha value is -1.81. The minimum absolute atomic E-state index is 0.0659. The number of likely N-dealkylation sites (N-methyl/N-ethyl adjacent to an activating group) is 1. The minimum Gasteiger partial charge on any atom is -0.508 e. The summed E-state index contributed by atoms with van der Waals surface area (Å²) < 4.78 is 0.976. The first-order valence-corrected chi connectivity index (χ1v) is 7.10. The summed E-state index contributed by atoms with van der Waals surface area (Å²) in [5.41, 5.74) is 1.98. The molecule has 0 spiro atoms. The van der Waals surface area contributed by atoms with Gasteiger partial charge in [0.2, 0.25) is 5.91 Å². The first kappa shape index (κ1) is 14.6. The van der Waals surface area contributed by atoms with Gasteiger partial charge in [0, 0.05) is 18.1 Å². The van der Waals surface area contributed by atoms with Crippen molar-refractivity contribution in [3.05, 3.63) is 64.1 Å². The normalized spacial score (nSPS) is 10.3. The summed E-state index contributed by atoms with van der Waals surface area (Å²) in [6.45, 7) is 0.535. The zero-order chi connectivity index (χ0) is 14.5. The molecule has 2 rings (SSSR count). The highest BCUT2D eigenvalue weighted by Gasteiger charge is 2.10. The van der Waals surface area contributed by atoms with Crippen molar-refractivity contribution in [1.29, 1.82) is 0 Å². The van der Waals surface area contributed by atoms with E-state index < -0.39 is 0 Å². The summed E-state index contributed by atoms with van der Waals surface area (Å²) in [5, 5.41) is 9.24. The molecule has 3 nitrogen and oxygen atoms in total. The van der Waals surface area contributed by atoms with E-state index in [0.717, 1.165) is 15.6 Å². The molecule has 4 heteroatoms. The average molecular weight is 334 g/mol. The van der Waals surface area contributed by atoms with Gasteiger partial charge in [-0.25, -0.2) is 0 Å². The molecule has 1 N–H and O–H groups in total. The molecule has 0 bridgehead atoms. The fraction of sp³-hybridized carbons (Fsp3) is 0.188. The Kier molecular flexibility index (Phi) is 4.79. The Morgan fingerprint density at radius 3 is 2.50 bits per heavy atom. The Bertz CT molecular complexity index is 596. The van der Waals surface area contributed by atoms with Crippen molar-refractivity contribution in [3.8, 4) is 5.75 Å². The van der Waals surface area contributed by atoms with Gasteiger partial charge in [-0.2, -0.15) is 0 Å². The van der Waals surface area contributed by atoms with Gasteiger partial charge < -0.3 is 10.0 Å². The first-order valence-electron chi connectivity index (χ1n) is 6.31. The van der Waals surface area contributed by atoms with Crippen LogP contribution in [0.1, 0.15) is 11.1 Å². The summed E-state index contributed by atoms with van der Waals surface area (Å²) >= 11 is 3.40. The predicted octanol–water partition coefficient (Wildman–Crippen LogP) is 3.36. The van der Waals surface area contributed by atoms with Crippen LogP contribution in [0, 0.1) is 0 Å². The van der Waals surface area contributed by atoms with E-state index in [-0.39, 0.29) is 11.7 Å². The highest BCUT2D eigenvalue weighted by molar-refractivity contribution is 9.10. The van der Waals surface area contributed by atoms with Gasteiger partial charge in [-0.05, 0) is 35.4 Å². The van der Waals surface area contributed by atoms with Crippen LogP contribution >= 0.6 is 15.9 Å². The molecule has 1 amide bonds. The number of carbonyl (C=O) groups excluding carboxylic acids is 1. The summed E-state index contributed by atoms with van der Waals surface area (Å²) in [4.78, 5) is 13.8. The molecule has 0 aliphatic heterocycles. The van der Waals surface area contributed by atoms with Gasteiger partial charge in [-0.3, -0.25) is 4.79 Å². The molecule has 0 saturated heterocycles. The summed E-state index contributed by atoms with van der Waals surface area (Å²) in [5.74, 6) is 0.299. The number of amides is 1. The minimum atomic E-state index is 0.0659. The molecule has 0 fully saturated rings. The molecular weight excluding hydrogens is 318 g/mol. The lowest BCUT2D eigenvalue weighted by atomic mass is 10.1. The fourth-order valence-corrected chi connectivity index (χ4v) is 2.37. The van der Waals surface area contributed by atoms with Crippen LogP contribution in [0.25, 0.3) is 0 Å². The number of phenolic OH excluding ortho intramolecular Hbond substituents is 1. The third-order valence-corrected chi connectivity index (χ3v) is 3.52. The standard InChI is InChI=1S/C16H16BrNO2/c1-18(11-12-5-7-15(19)8-6-12)16(20)10-13-3-2-4-14(17)9-13/h2-9,19H,10-11H2,1H3. The molecule has 0 saturated carbocycles. The second kappa shape index (κ2) is 6.57. The van der Waals surface area contributed by atoms with Crippen molar-refractivity contribution in [2.75, 3.05) is 7.05 Å². The van der Waals surface area contributed by atoms with Crippen LogP contribution in [0.4, 0.5) is 0 Å². The smallest absolute Gasteiger partial charge is 0.227 e. The molecule has 0 aliphatic carbocycles. The Morgan fingerprint density at radius 2 is 1.85 bits per heavy atom. The van der Waals surface area contributed by atoms with Gasteiger partial charge in [0.25, 0.3) is 0 Å². The molecule has 0 heterocycles. The van der Waals surface area contributed by atoms with E-state index >= 15 is 0 Å². The second-order valence-corrected chi connectivity index (χ2v) is 5.64. The number of nitrogens with zero attached hydrogens (tertiary/aromatic N) is 1. The zero-order valence-electron chi connectivity index (χ0n) is 11.2. The van der Waals surface area contributed by atoms with Crippen molar-refractivity contribution in [2.24, 2.45) is 0 Å². The molecule has 0 unspecified atom stereocenters. The number of aromatic hydroxyl groups is 1. The number of rotatable bonds is 4. The van der Waals surface area contributed by atoms with E-state index in [2.05, 4.69) is 15.9 Å². The zero-order valence-corrected chi connectivity index (χ0v) is 12.8. The van der Waals surface area contributed by atoms with E-state index in [0.29, 0.717) is 13.0 Å². The maximum Gasteiger partial charge on any atom is 0.227 e. The third kappa shape index (κ3) is 4.10. The van der Waals surface area contributed by atoms with Gasteiger partial charge in [0.1, 0.15) is 5.75 Å². The van der Waals surface area contributed by atoms with Crippen LogP contribution in [0.15, 0.2) is 53.0 Å². The lowest BCUT2D eigenvalue weighted by Crippen LogP contribution is -2.27. The van der Waals surface area contributed by atoms with Crippen LogP contribution in [-0.2, 0) is 17.8 Å². The number of hydrogen-bond acceptors (Lipinski definition) is 2. The average Bonchev–Trinajstić information content (AvgIpc) is 2.41. The van der Waals surface area contributed by atoms with Crippen LogP contribution in [0.2, 0.25) is 0 Å². The van der Waals surface area contributed by atoms with Gasteiger partial charge in [0.05, 0.1) is 6.42 Å². The van der Waals surface area contributed by atoms with Gasteiger partial charge in [-0.1, -0.05) is 40.2 Å². The Labute approximate surface area is 127 Å². The van der Waals surface area contributed by atoms with Gasteiger partial charge in [-0.15, -0.1) is 0 Å². The topological polar surface area (TPSA) is 40.5 Å². The maximum absolute atomic E-state index is 12.2. The number of benzene rings is 2. The van der Waals surface area contributed by atoms with Crippen molar-refractivity contribution in [2.45, 2.75) is 13.0 Å². The van der Waals surface area contributed by atoms with Crippen LogP contribution in [-0.4, -0.2) is 23.0 Å². The highest BCUT2D eigenvalue weighted by atomic mass is 79.9. The molecule has 2 aromatic carbocycles. The van der Waals surface area contributed by atoms with E-state index in [9.17, 15) is 9.90 Å². The van der Waals surface area contributed by atoms with E-state index in [1.807, 2.05) is 36.4 Å². The Morgan fingerprint density at radius 1 is 1.15 bits per heavy atom. The number of halogens is 1. The monoisotopic (exact) mass is 333 g/mol. The number of hydrogen-bond donors (Lipinski definition) is 1. The highest BCUT2D eigenvalue weighted by Crippen LogP contribution is 2.14. The predicted molar refractivity (Wildman–Crippen MR) is 82.4 cm³/mol. The van der Waals surface area contributed by atoms with Crippen molar-refractivity contribution in [1.82, 2.24) is 4.90 Å². The summed E-state index contributed by atoms with van der Waals surface area (Å²) in [6.07, 6.45) is 0.383. The SMILES string of the molecule is CN(Cc1ccc(O)cc1)C(=O)Cc1cccc(Br)c1. The van der Waals surface area contributed by atoms with E-state index in [1.54, 1.807) is 24.1 Å². The third-order valence-electron chi connectivity index (χ3n) is 3.03. The lowest BCUT2D eigenvalue weighted by molar-refractivity contribution is -0.129. The molecule has 0 aliphatic rings. The lowest BCUT2D eigenvalue weighted by Gasteiger charge is -2.17. The molecular formula is C16H16BrNO2. The summed E-state index contributed by atoms with van der Waals surface area (Å²) in [6, 6.07) is 14.6. The Balaban J connectivity index is 1.96. The largest absolute Gasteiger partial charge is 0.508 e. The van der Waals surface area contributed by atoms with Crippen LogP contribution in [0.3, 0.4) is 0 Å². The van der Waals surface area contributed by atoms with Crippen molar-refractivity contribution >= 4 is 21.8 Å². The fourth-order valence-electron chi connectivity index (χ4n) is 1.92. The van der Waals surface area contributed by atoms with Gasteiger partial charge in [0.15, 0.2) is 0 Å². The second-order valence-electron chi connectivity index (χ2n) is 4.72. The molecule has 0 aromatic heterocycles. The molecule has 0 atom stereocenters. The number of carbonyl (C=O) groups is 1. The van der Waals surface area contributed by atoms with E-state index in [1.165, 1.54) is 0 Å². The summed E-state index contributed by atoms with van der Waals surface area (Å²) in [7, 11) is 1.78. The van der Waals surface area contributed by atoms with Crippen LogP contribution in [0.5, 0.6) is 5.75 Å². The molecule has 104 valence electrons. The quantitative estimate of drug-likeness (QED) is 0.931. The molecule has 20 heavy (non-hydrogen) atoms. The van der Waals surface area contributed by atoms with Gasteiger partial charge >= 0.3 is 0 Å². The molecule has 0 radical (unpaired) electrons. The van der Waals surface area contributed by atoms with Crippen molar-refractivity contribution < 1.29 is 9.90 Å². The maximum atomic E-state index is 12.2. The first-order chi connectivity index (χ1) is 9.54. The van der Waals surface area contributed by atoms with E-state index in [4.69, 9.17) is 0 Å². The molecule has 2 aromatic rings. The van der Waals surface area contributed by atoms with Crippen molar-refractivity contribution in [3.63, 3.8) is 0 Å².